The van der Waals surface area contributed by atoms with E-state index in [4.69, 9.17) is 16.3 Å². The number of benzene rings is 1. The van der Waals surface area contributed by atoms with Crippen LogP contribution < -0.4 is 15.4 Å². The fourth-order valence-corrected chi connectivity index (χ4v) is 2.14. The smallest absolute Gasteiger partial charge is 0.270 e. The van der Waals surface area contributed by atoms with E-state index in [2.05, 4.69) is 15.6 Å². The van der Waals surface area contributed by atoms with Crippen molar-refractivity contribution in [2.75, 3.05) is 12.4 Å². The largest absolute Gasteiger partial charge is 0.495 e. The number of hydrogen-bond donors (Lipinski definition) is 2. The maximum absolute atomic E-state index is 12.2. The maximum Gasteiger partial charge on any atom is 0.270 e. The van der Waals surface area contributed by atoms with Crippen LogP contribution in [0.15, 0.2) is 36.5 Å². The Hall–Kier alpha value is -2.27. The highest BCUT2D eigenvalue weighted by atomic mass is 35.5. The third kappa shape index (κ3) is 4.86. The van der Waals surface area contributed by atoms with E-state index in [1.807, 2.05) is 20.8 Å². The lowest BCUT2D eigenvalue weighted by Crippen LogP contribution is -2.40. The second-order valence-electron chi connectivity index (χ2n) is 6.10. The summed E-state index contributed by atoms with van der Waals surface area (Å²) < 4.78 is 5.30. The summed E-state index contributed by atoms with van der Waals surface area (Å²) in [6.07, 6.45) is 1.58. The average Bonchev–Trinajstić information content (AvgIpc) is 2.46. The van der Waals surface area contributed by atoms with Crippen LogP contribution in [0.25, 0.3) is 0 Å². The highest BCUT2D eigenvalue weighted by Gasteiger charge is 2.16. The summed E-state index contributed by atoms with van der Waals surface area (Å²) in [5.74, 6) is 0.436. The minimum atomic E-state index is -0.321. The van der Waals surface area contributed by atoms with Crippen LogP contribution in [0.1, 0.15) is 31.3 Å². The summed E-state index contributed by atoms with van der Waals surface area (Å²) in [4.78, 5) is 16.3. The van der Waals surface area contributed by atoms with Crippen molar-refractivity contribution in [2.24, 2.45) is 0 Å². The average molecular weight is 334 g/mol. The van der Waals surface area contributed by atoms with E-state index in [0.29, 0.717) is 22.2 Å². The lowest BCUT2D eigenvalue weighted by atomic mass is 10.1. The molecule has 5 nitrogen and oxygen atoms in total. The van der Waals surface area contributed by atoms with Gasteiger partial charge in [-0.25, -0.2) is 0 Å². The van der Waals surface area contributed by atoms with Crippen LogP contribution in [0, 0.1) is 0 Å². The molecule has 0 unspecified atom stereocenters. The first-order chi connectivity index (χ1) is 10.8. The van der Waals surface area contributed by atoms with Crippen molar-refractivity contribution >= 4 is 28.9 Å². The van der Waals surface area contributed by atoms with Gasteiger partial charge >= 0.3 is 0 Å². The fraction of sp³-hybridized carbons (Fsp3) is 0.294. The normalized spacial score (nSPS) is 11.0. The summed E-state index contributed by atoms with van der Waals surface area (Å²) in [5, 5.41) is 6.67. The molecule has 122 valence electrons. The Morgan fingerprint density at radius 2 is 1.96 bits per heavy atom. The van der Waals surface area contributed by atoms with Crippen LogP contribution >= 0.6 is 11.6 Å². The molecule has 0 saturated carbocycles. The van der Waals surface area contributed by atoms with Gasteiger partial charge in [-0.3, -0.25) is 9.78 Å². The Balaban J connectivity index is 2.24. The van der Waals surface area contributed by atoms with E-state index in [1.54, 1.807) is 43.6 Å². The van der Waals surface area contributed by atoms with Gasteiger partial charge in [-0.15, -0.1) is 0 Å². The summed E-state index contributed by atoms with van der Waals surface area (Å²) in [6, 6.07) is 8.74. The summed E-state index contributed by atoms with van der Waals surface area (Å²) in [7, 11) is 1.59. The monoisotopic (exact) mass is 333 g/mol. The van der Waals surface area contributed by atoms with Crippen LogP contribution in [-0.2, 0) is 0 Å². The minimum absolute atomic E-state index is 0.223. The Morgan fingerprint density at radius 3 is 2.61 bits per heavy atom. The minimum Gasteiger partial charge on any atom is -0.495 e. The molecule has 2 rings (SSSR count). The molecular weight excluding hydrogens is 314 g/mol. The number of rotatable bonds is 4. The third-order valence-electron chi connectivity index (χ3n) is 2.92. The number of hydrogen-bond acceptors (Lipinski definition) is 4. The van der Waals surface area contributed by atoms with Gasteiger partial charge < -0.3 is 15.4 Å². The molecule has 1 aromatic heterocycles. The Labute approximate surface area is 141 Å². The number of ether oxygens (including phenoxy) is 1. The number of pyridine rings is 1. The van der Waals surface area contributed by atoms with Crippen LogP contribution in [0.3, 0.4) is 0 Å². The molecule has 0 spiro atoms. The van der Waals surface area contributed by atoms with Gasteiger partial charge in [-0.05, 0) is 51.1 Å². The number of methoxy groups -OCH3 is 1. The number of nitrogens with one attached hydrogen (secondary N) is 2. The first-order valence-electron chi connectivity index (χ1n) is 7.17. The van der Waals surface area contributed by atoms with E-state index in [9.17, 15) is 4.79 Å². The fourth-order valence-electron chi connectivity index (χ4n) is 1.97. The molecule has 0 aliphatic heterocycles. The van der Waals surface area contributed by atoms with Crippen LogP contribution in [0.4, 0.5) is 11.4 Å². The first kappa shape index (κ1) is 17.1. The molecule has 0 aliphatic carbocycles. The zero-order valence-electron chi connectivity index (χ0n) is 13.6. The summed E-state index contributed by atoms with van der Waals surface area (Å²) >= 11 is 6.02. The van der Waals surface area contributed by atoms with Crippen molar-refractivity contribution in [1.29, 1.82) is 0 Å². The number of anilines is 2. The van der Waals surface area contributed by atoms with Crippen LogP contribution in [-0.4, -0.2) is 23.5 Å². The van der Waals surface area contributed by atoms with Crippen molar-refractivity contribution < 1.29 is 9.53 Å². The van der Waals surface area contributed by atoms with E-state index in [1.165, 1.54) is 0 Å². The van der Waals surface area contributed by atoms with Crippen molar-refractivity contribution in [3.8, 4) is 5.75 Å². The number of halogens is 1. The predicted molar refractivity (Wildman–Crippen MR) is 92.7 cm³/mol. The van der Waals surface area contributed by atoms with E-state index in [0.717, 1.165) is 5.69 Å². The maximum atomic E-state index is 12.2. The molecule has 1 aromatic carbocycles. The molecule has 0 atom stereocenters. The summed E-state index contributed by atoms with van der Waals surface area (Å²) in [6.45, 7) is 5.76. The van der Waals surface area contributed by atoms with Crippen molar-refractivity contribution in [3.63, 3.8) is 0 Å². The van der Waals surface area contributed by atoms with Crippen LogP contribution in [0.5, 0.6) is 5.75 Å². The highest BCUT2D eigenvalue weighted by molar-refractivity contribution is 6.31. The molecule has 0 saturated heterocycles. The molecule has 6 heteroatoms. The van der Waals surface area contributed by atoms with E-state index < -0.39 is 0 Å². The predicted octanol–water partition coefficient (Wildman–Crippen LogP) is 4.02. The van der Waals surface area contributed by atoms with Gasteiger partial charge in [-0.2, -0.15) is 0 Å². The van der Waals surface area contributed by atoms with Gasteiger partial charge in [0.25, 0.3) is 5.91 Å². The number of nitrogens with zero attached hydrogens (tertiary/aromatic N) is 1. The van der Waals surface area contributed by atoms with Crippen molar-refractivity contribution in [3.05, 3.63) is 47.2 Å². The lowest BCUT2D eigenvalue weighted by Gasteiger charge is -2.20. The third-order valence-corrected chi connectivity index (χ3v) is 3.16. The number of aromatic nitrogens is 1. The molecule has 1 amide bonds. The van der Waals surface area contributed by atoms with Gasteiger partial charge in [0, 0.05) is 22.4 Å². The molecule has 0 bridgehead atoms. The second kappa shape index (κ2) is 6.87. The van der Waals surface area contributed by atoms with Gasteiger partial charge in [0.05, 0.1) is 12.8 Å². The molecule has 2 aromatic rings. The molecule has 23 heavy (non-hydrogen) atoms. The molecule has 0 fully saturated rings. The Bertz CT molecular complexity index is 711. The topological polar surface area (TPSA) is 63.2 Å². The Morgan fingerprint density at radius 1 is 1.22 bits per heavy atom. The number of amides is 1. The zero-order chi connectivity index (χ0) is 17.0. The van der Waals surface area contributed by atoms with Gasteiger partial charge in [-0.1, -0.05) is 11.6 Å². The molecule has 0 radical (unpaired) electrons. The molecule has 2 N–H and O–H groups in total. The Kier molecular flexibility index (Phi) is 5.11. The molecule has 1 heterocycles. The molecule has 0 aliphatic rings. The highest BCUT2D eigenvalue weighted by Crippen LogP contribution is 2.30. The lowest BCUT2D eigenvalue weighted by molar-refractivity contribution is 0.0914. The van der Waals surface area contributed by atoms with E-state index in [-0.39, 0.29) is 11.4 Å². The first-order valence-corrected chi connectivity index (χ1v) is 7.55. The molecular formula is C17H20ClN3O2. The summed E-state index contributed by atoms with van der Waals surface area (Å²) in [5.41, 5.74) is 1.46. The van der Waals surface area contributed by atoms with Crippen molar-refractivity contribution in [1.82, 2.24) is 10.3 Å². The van der Waals surface area contributed by atoms with E-state index >= 15 is 0 Å². The van der Waals surface area contributed by atoms with Crippen molar-refractivity contribution in [2.45, 2.75) is 26.3 Å². The number of carbonyl (C=O) groups excluding carboxylic acids is 1. The van der Waals surface area contributed by atoms with Crippen LogP contribution in [0.2, 0.25) is 5.02 Å². The van der Waals surface area contributed by atoms with Gasteiger partial charge in [0.1, 0.15) is 11.4 Å². The number of carbonyl (C=O) groups is 1. The quantitative estimate of drug-likeness (QED) is 0.887. The SMILES string of the molecule is COc1ccc(Cl)cc1Nc1ccnc(C(=O)NC(C)(C)C)c1. The van der Waals surface area contributed by atoms with Gasteiger partial charge in [0.2, 0.25) is 0 Å². The second-order valence-corrected chi connectivity index (χ2v) is 6.54. The van der Waals surface area contributed by atoms with Gasteiger partial charge in [0.15, 0.2) is 0 Å². The zero-order valence-corrected chi connectivity index (χ0v) is 14.4. The standard InChI is InChI=1S/C17H20ClN3O2/c1-17(2,3)21-16(22)14-10-12(7-8-19-14)20-13-9-11(18)5-6-15(13)23-4/h5-10H,1-4H3,(H,19,20)(H,21,22).